The summed E-state index contributed by atoms with van der Waals surface area (Å²) < 4.78 is 4.33. The van der Waals surface area contributed by atoms with Crippen molar-refractivity contribution in [3.8, 4) is 6.07 Å². The number of hydrogen-bond acceptors (Lipinski definition) is 5. The van der Waals surface area contributed by atoms with Gasteiger partial charge in [0, 0.05) is 51.4 Å². The van der Waals surface area contributed by atoms with Gasteiger partial charge in [-0.05, 0) is 6.92 Å². The molecule has 0 bridgehead atoms. The second kappa shape index (κ2) is 8.17. The SMILES string of the molecule is CCOC(=O)C(C#N)=NO.[K]. The Morgan fingerprint density at radius 3 is 2.64 bits per heavy atom. The van der Waals surface area contributed by atoms with E-state index in [9.17, 15) is 4.79 Å². The van der Waals surface area contributed by atoms with Gasteiger partial charge in [0.05, 0.1) is 6.61 Å². The predicted octanol–water partition coefficient (Wildman–Crippen LogP) is -0.478. The van der Waals surface area contributed by atoms with Crippen LogP contribution in [-0.2, 0) is 9.53 Å². The van der Waals surface area contributed by atoms with Gasteiger partial charge in [0.1, 0.15) is 6.07 Å². The maximum absolute atomic E-state index is 10.5. The Morgan fingerprint density at radius 1 is 1.82 bits per heavy atom. The van der Waals surface area contributed by atoms with E-state index in [2.05, 4.69) is 9.89 Å². The Labute approximate surface area is 106 Å². The summed E-state index contributed by atoms with van der Waals surface area (Å²) in [5.74, 6) is -0.910. The number of hydrogen-bond donors (Lipinski definition) is 1. The summed E-state index contributed by atoms with van der Waals surface area (Å²) in [6.07, 6.45) is 0. The molecule has 0 aliphatic rings. The molecule has 0 aromatic carbocycles. The molecule has 0 aromatic rings. The summed E-state index contributed by atoms with van der Waals surface area (Å²) in [6.45, 7) is 1.74. The third-order valence-corrected chi connectivity index (χ3v) is 0.675. The number of oxime groups is 1. The molecule has 0 aliphatic carbocycles. The van der Waals surface area contributed by atoms with E-state index >= 15 is 0 Å². The number of esters is 1. The molecule has 0 atom stereocenters. The molecule has 0 unspecified atom stereocenters. The zero-order chi connectivity index (χ0) is 7.98. The monoisotopic (exact) mass is 181 g/mol. The zero-order valence-electron chi connectivity index (χ0n) is 6.37. The van der Waals surface area contributed by atoms with Crippen molar-refractivity contribution in [3.63, 3.8) is 0 Å². The van der Waals surface area contributed by atoms with Crippen molar-refractivity contribution in [2.45, 2.75) is 6.92 Å². The largest absolute Gasteiger partial charge is 0.461 e. The average molecular weight is 181 g/mol. The second-order valence-corrected chi connectivity index (χ2v) is 1.28. The van der Waals surface area contributed by atoms with Gasteiger partial charge >= 0.3 is 5.97 Å². The first-order valence-corrected chi connectivity index (χ1v) is 2.55. The molecule has 0 aromatic heterocycles. The first-order chi connectivity index (χ1) is 4.76. The standard InChI is InChI=1S/C5H6N2O3.K/c1-2-10-5(8)4(3-6)7-9;/h9H,2H2,1H3;. The van der Waals surface area contributed by atoms with Gasteiger partial charge in [0.2, 0.25) is 0 Å². The van der Waals surface area contributed by atoms with Crippen LogP contribution in [0.4, 0.5) is 0 Å². The zero-order valence-corrected chi connectivity index (χ0v) is 9.49. The summed E-state index contributed by atoms with van der Waals surface area (Å²) >= 11 is 0. The van der Waals surface area contributed by atoms with Crippen LogP contribution in [0.25, 0.3) is 0 Å². The Balaban J connectivity index is 0. The van der Waals surface area contributed by atoms with Crippen LogP contribution in [0.2, 0.25) is 0 Å². The van der Waals surface area contributed by atoms with Crippen molar-refractivity contribution in [1.82, 2.24) is 0 Å². The van der Waals surface area contributed by atoms with Gasteiger partial charge in [-0.2, -0.15) is 5.26 Å². The molecular formula is C5H6KN2O3. The van der Waals surface area contributed by atoms with Crippen LogP contribution in [-0.4, -0.2) is 74.9 Å². The molecule has 0 aliphatic heterocycles. The summed E-state index contributed by atoms with van der Waals surface area (Å²) in [4.78, 5) is 10.5. The maximum atomic E-state index is 10.5. The van der Waals surface area contributed by atoms with E-state index in [4.69, 9.17) is 10.5 Å². The second-order valence-electron chi connectivity index (χ2n) is 1.28. The molecule has 0 fully saturated rings. The van der Waals surface area contributed by atoms with Crippen molar-refractivity contribution in [2.24, 2.45) is 5.16 Å². The molecule has 0 rings (SSSR count). The molecule has 5 nitrogen and oxygen atoms in total. The van der Waals surface area contributed by atoms with Gasteiger partial charge in [-0.3, -0.25) is 0 Å². The molecule has 55 valence electrons. The molecular weight excluding hydrogens is 175 g/mol. The molecule has 0 spiro atoms. The third kappa shape index (κ3) is 5.35. The minimum absolute atomic E-state index is 0. The minimum atomic E-state index is -0.910. The molecule has 1 radical (unpaired) electrons. The van der Waals surface area contributed by atoms with Gasteiger partial charge < -0.3 is 9.94 Å². The predicted molar refractivity (Wildman–Crippen MR) is 37.2 cm³/mol. The fourth-order valence-electron chi connectivity index (χ4n) is 0.308. The molecule has 0 saturated heterocycles. The van der Waals surface area contributed by atoms with Gasteiger partial charge in [0.15, 0.2) is 0 Å². The van der Waals surface area contributed by atoms with Crippen molar-refractivity contribution in [2.75, 3.05) is 6.61 Å². The number of nitriles is 1. The minimum Gasteiger partial charge on any atom is -0.461 e. The van der Waals surface area contributed by atoms with E-state index in [-0.39, 0.29) is 58.0 Å². The van der Waals surface area contributed by atoms with Crippen molar-refractivity contribution < 1.29 is 14.7 Å². The Kier molecular flexibility index (Phi) is 10.1. The van der Waals surface area contributed by atoms with E-state index in [0.29, 0.717) is 0 Å². The van der Waals surface area contributed by atoms with Crippen LogP contribution in [0.1, 0.15) is 6.92 Å². The van der Waals surface area contributed by atoms with Gasteiger partial charge in [-0.1, -0.05) is 5.16 Å². The molecule has 1 N–H and O–H groups in total. The normalized spacial score (nSPS) is 9.27. The van der Waals surface area contributed by atoms with E-state index in [1.807, 2.05) is 0 Å². The van der Waals surface area contributed by atoms with Crippen LogP contribution >= 0.6 is 0 Å². The Bertz CT molecular complexity index is 196. The molecule has 11 heavy (non-hydrogen) atoms. The number of nitrogens with zero attached hydrogens (tertiary/aromatic N) is 2. The first kappa shape index (κ1) is 13.6. The number of ether oxygens (including phenoxy) is 1. The maximum Gasteiger partial charge on any atom is 0.371 e. The van der Waals surface area contributed by atoms with Gasteiger partial charge in [-0.15, -0.1) is 0 Å². The van der Waals surface area contributed by atoms with Crippen LogP contribution < -0.4 is 0 Å². The Hall–Kier alpha value is 0.0664. The quantitative estimate of drug-likeness (QED) is 0.205. The van der Waals surface area contributed by atoms with E-state index in [0.717, 1.165) is 0 Å². The summed E-state index contributed by atoms with van der Waals surface area (Å²) in [5, 5.41) is 18.5. The van der Waals surface area contributed by atoms with Crippen molar-refractivity contribution in [3.05, 3.63) is 0 Å². The van der Waals surface area contributed by atoms with Crippen molar-refractivity contribution >= 4 is 63.1 Å². The summed E-state index contributed by atoms with van der Waals surface area (Å²) in [6, 6.07) is 1.36. The molecule has 6 heteroatoms. The molecule has 0 amide bonds. The number of carbonyl (C=O) groups excluding carboxylic acids is 1. The third-order valence-electron chi connectivity index (χ3n) is 0.675. The fourth-order valence-corrected chi connectivity index (χ4v) is 0.308. The number of rotatable bonds is 2. The number of carbonyl (C=O) groups is 1. The summed E-state index contributed by atoms with van der Waals surface area (Å²) in [7, 11) is 0. The van der Waals surface area contributed by atoms with Gasteiger partial charge in [-0.25, -0.2) is 4.79 Å². The molecule has 0 saturated carbocycles. The fraction of sp³-hybridized carbons (Fsp3) is 0.400. The topological polar surface area (TPSA) is 82.7 Å². The van der Waals surface area contributed by atoms with Crippen molar-refractivity contribution in [1.29, 1.82) is 5.26 Å². The van der Waals surface area contributed by atoms with E-state index < -0.39 is 11.7 Å². The van der Waals surface area contributed by atoms with Crippen LogP contribution in [0.15, 0.2) is 5.16 Å². The van der Waals surface area contributed by atoms with E-state index in [1.165, 1.54) is 6.07 Å². The van der Waals surface area contributed by atoms with Crippen LogP contribution in [0.3, 0.4) is 0 Å². The summed E-state index contributed by atoms with van der Waals surface area (Å²) in [5.41, 5.74) is -0.637. The Morgan fingerprint density at radius 2 is 2.36 bits per heavy atom. The average Bonchev–Trinajstić information content (AvgIpc) is 1.91. The van der Waals surface area contributed by atoms with Crippen LogP contribution in [0.5, 0.6) is 0 Å². The smallest absolute Gasteiger partial charge is 0.371 e. The molecule has 0 heterocycles. The van der Waals surface area contributed by atoms with Crippen LogP contribution in [0, 0.1) is 11.3 Å². The first-order valence-electron chi connectivity index (χ1n) is 2.55. The van der Waals surface area contributed by atoms with E-state index in [1.54, 1.807) is 6.92 Å². The van der Waals surface area contributed by atoms with Gasteiger partial charge in [0.25, 0.3) is 5.71 Å².